The molecule has 8 nitrogen and oxygen atoms in total. The second-order valence-corrected chi connectivity index (χ2v) is 7.20. The molecule has 0 bridgehead atoms. The van der Waals surface area contributed by atoms with Crippen LogP contribution in [0.15, 0.2) is 64.7 Å². The summed E-state index contributed by atoms with van der Waals surface area (Å²) in [6.07, 6.45) is 0. The van der Waals surface area contributed by atoms with Gasteiger partial charge in [-0.15, -0.1) is 0 Å². The molecule has 0 aliphatic carbocycles. The Morgan fingerprint density at radius 1 is 1.09 bits per heavy atom. The van der Waals surface area contributed by atoms with Crippen molar-refractivity contribution >= 4 is 23.3 Å². The topological polar surface area (TPSA) is 102 Å². The minimum atomic E-state index is -0.891. The average molecular weight is 434 g/mol. The third-order valence-electron chi connectivity index (χ3n) is 5.18. The Hall–Kier alpha value is -4.07. The van der Waals surface area contributed by atoms with Gasteiger partial charge in [-0.25, -0.2) is 0 Å². The van der Waals surface area contributed by atoms with Gasteiger partial charge >= 0.3 is 5.91 Å². The summed E-state index contributed by atoms with van der Waals surface area (Å²) in [5.74, 6) is 0.0428. The minimum Gasteiger partial charge on any atom is -0.507 e. The molecule has 1 aromatic heterocycles. The Bertz CT molecular complexity index is 1180. The van der Waals surface area contributed by atoms with Crippen LogP contribution in [0.4, 0.5) is 5.82 Å². The molecule has 1 unspecified atom stereocenters. The lowest BCUT2D eigenvalue weighted by atomic mass is 9.95. The van der Waals surface area contributed by atoms with Crippen LogP contribution >= 0.6 is 0 Å². The van der Waals surface area contributed by atoms with Gasteiger partial charge in [0.25, 0.3) is 5.78 Å². The monoisotopic (exact) mass is 434 g/mol. The molecule has 32 heavy (non-hydrogen) atoms. The number of aliphatic hydroxyl groups is 1. The number of carbonyl (C=O) groups is 2. The van der Waals surface area contributed by atoms with E-state index in [0.717, 1.165) is 0 Å². The van der Waals surface area contributed by atoms with Crippen LogP contribution in [-0.2, 0) is 9.59 Å². The number of nitrogens with zero attached hydrogens (tertiary/aromatic N) is 2. The molecule has 0 saturated carbocycles. The number of ketones is 1. The molecule has 0 radical (unpaired) electrons. The van der Waals surface area contributed by atoms with E-state index in [-0.39, 0.29) is 17.2 Å². The average Bonchev–Trinajstić information content (AvgIpc) is 3.35. The first-order valence-electron chi connectivity index (χ1n) is 10.1. The Morgan fingerprint density at radius 2 is 1.75 bits per heavy atom. The summed E-state index contributed by atoms with van der Waals surface area (Å²) in [4.78, 5) is 27.3. The van der Waals surface area contributed by atoms with Crippen molar-refractivity contribution in [2.75, 3.05) is 18.6 Å². The summed E-state index contributed by atoms with van der Waals surface area (Å²) in [5.41, 5.74) is 0.962. The fourth-order valence-electron chi connectivity index (χ4n) is 3.67. The van der Waals surface area contributed by atoms with E-state index in [1.54, 1.807) is 61.5 Å². The fraction of sp³-hybridized carbons (Fsp3) is 0.208. The molecule has 1 atom stereocenters. The largest absolute Gasteiger partial charge is 0.507 e. The van der Waals surface area contributed by atoms with E-state index < -0.39 is 17.7 Å². The third-order valence-corrected chi connectivity index (χ3v) is 5.18. The molecule has 1 fully saturated rings. The van der Waals surface area contributed by atoms with Gasteiger partial charge in [-0.2, -0.15) is 0 Å². The quantitative estimate of drug-likeness (QED) is 0.355. The zero-order valence-corrected chi connectivity index (χ0v) is 17.9. The number of aromatic nitrogens is 1. The van der Waals surface area contributed by atoms with Gasteiger partial charge in [0.1, 0.15) is 23.0 Å². The molecule has 1 saturated heterocycles. The molecular weight excluding hydrogens is 412 g/mol. The van der Waals surface area contributed by atoms with Gasteiger partial charge in [0.05, 0.1) is 25.3 Å². The van der Waals surface area contributed by atoms with Crippen LogP contribution in [-0.4, -0.2) is 35.7 Å². The lowest BCUT2D eigenvalue weighted by Gasteiger charge is -2.23. The van der Waals surface area contributed by atoms with Gasteiger partial charge in [0.2, 0.25) is 0 Å². The molecule has 4 rings (SSSR count). The lowest BCUT2D eigenvalue weighted by Crippen LogP contribution is -2.29. The molecule has 164 valence electrons. The highest BCUT2D eigenvalue weighted by molar-refractivity contribution is 6.51. The minimum absolute atomic E-state index is 0.0371. The smallest absolute Gasteiger partial charge is 0.301 e. The molecule has 3 aromatic rings. The number of aliphatic hydroxyl groups excluding tert-OH is 1. The number of anilines is 1. The second-order valence-electron chi connectivity index (χ2n) is 7.20. The second kappa shape index (κ2) is 8.58. The molecule has 1 aliphatic rings. The van der Waals surface area contributed by atoms with Crippen LogP contribution in [0, 0.1) is 6.92 Å². The number of hydrogen-bond donors (Lipinski definition) is 1. The Balaban J connectivity index is 1.87. The molecular formula is C24H22N2O6. The summed E-state index contributed by atoms with van der Waals surface area (Å²) in [5, 5.41) is 15.0. The van der Waals surface area contributed by atoms with Crippen molar-refractivity contribution in [2.45, 2.75) is 19.9 Å². The van der Waals surface area contributed by atoms with E-state index in [1.165, 1.54) is 12.0 Å². The Morgan fingerprint density at radius 3 is 2.31 bits per heavy atom. The standard InChI is InChI=1S/C24H22N2O6/c1-4-31-18-11-5-15(6-12-18)21-20(22(27)16-7-9-17(30-3)10-8-16)23(28)24(29)26(21)19-13-14(2)32-25-19/h5-13,21,27H,4H2,1-3H3/b22-20+. The Kier molecular flexibility index (Phi) is 5.68. The van der Waals surface area contributed by atoms with Gasteiger partial charge < -0.3 is 19.1 Å². The van der Waals surface area contributed by atoms with Gasteiger partial charge in [-0.05, 0) is 55.8 Å². The molecule has 1 amide bonds. The zero-order chi connectivity index (χ0) is 22.8. The summed E-state index contributed by atoms with van der Waals surface area (Å²) in [6, 6.07) is 14.3. The van der Waals surface area contributed by atoms with Gasteiger partial charge in [0, 0.05) is 11.6 Å². The van der Waals surface area contributed by atoms with E-state index in [4.69, 9.17) is 14.0 Å². The lowest BCUT2D eigenvalue weighted by molar-refractivity contribution is -0.132. The number of carbonyl (C=O) groups excluding carboxylic acids is 2. The van der Waals surface area contributed by atoms with Crippen LogP contribution in [0.3, 0.4) is 0 Å². The first-order valence-corrected chi connectivity index (χ1v) is 10.1. The van der Waals surface area contributed by atoms with Crippen molar-refractivity contribution < 1.29 is 28.7 Å². The maximum Gasteiger partial charge on any atom is 0.301 e. The maximum atomic E-state index is 13.1. The molecule has 2 aromatic carbocycles. The van der Waals surface area contributed by atoms with Crippen molar-refractivity contribution in [1.82, 2.24) is 5.16 Å². The van der Waals surface area contributed by atoms with Crippen LogP contribution in [0.1, 0.15) is 29.9 Å². The molecule has 1 N–H and O–H groups in total. The van der Waals surface area contributed by atoms with Crippen molar-refractivity contribution in [3.8, 4) is 11.5 Å². The number of amides is 1. The predicted molar refractivity (Wildman–Crippen MR) is 117 cm³/mol. The molecule has 8 heteroatoms. The fourth-order valence-corrected chi connectivity index (χ4v) is 3.67. The number of Topliss-reactive ketones (excluding diaryl/α,β-unsaturated/α-hetero) is 1. The maximum absolute atomic E-state index is 13.1. The number of hydrogen-bond acceptors (Lipinski definition) is 7. The normalized spacial score (nSPS) is 17.6. The summed E-state index contributed by atoms with van der Waals surface area (Å²) in [6.45, 7) is 4.08. The summed E-state index contributed by atoms with van der Waals surface area (Å²) in [7, 11) is 1.53. The molecule has 2 heterocycles. The first-order chi connectivity index (χ1) is 15.4. The summed E-state index contributed by atoms with van der Waals surface area (Å²) < 4.78 is 15.8. The number of ether oxygens (including phenoxy) is 2. The van der Waals surface area contributed by atoms with Crippen LogP contribution in [0.5, 0.6) is 11.5 Å². The number of methoxy groups -OCH3 is 1. The predicted octanol–water partition coefficient (Wildman–Crippen LogP) is 4.02. The van der Waals surface area contributed by atoms with Crippen LogP contribution < -0.4 is 14.4 Å². The number of aryl methyl sites for hydroxylation is 1. The van der Waals surface area contributed by atoms with Crippen molar-refractivity contribution in [3.05, 3.63) is 77.1 Å². The van der Waals surface area contributed by atoms with Crippen molar-refractivity contribution in [1.29, 1.82) is 0 Å². The van der Waals surface area contributed by atoms with Gasteiger partial charge in [-0.3, -0.25) is 14.5 Å². The SMILES string of the molecule is CCOc1ccc(C2/C(=C(\O)c3ccc(OC)cc3)C(=O)C(=O)N2c2cc(C)on2)cc1. The highest BCUT2D eigenvalue weighted by atomic mass is 16.5. The third kappa shape index (κ3) is 3.71. The van der Waals surface area contributed by atoms with Crippen LogP contribution in [0.2, 0.25) is 0 Å². The van der Waals surface area contributed by atoms with E-state index in [0.29, 0.717) is 35.0 Å². The Labute approximate surface area is 184 Å². The van der Waals surface area contributed by atoms with E-state index in [9.17, 15) is 14.7 Å². The van der Waals surface area contributed by atoms with Crippen LogP contribution in [0.25, 0.3) is 5.76 Å². The number of benzene rings is 2. The molecule has 0 spiro atoms. The number of rotatable bonds is 6. The van der Waals surface area contributed by atoms with E-state index in [2.05, 4.69) is 5.16 Å². The van der Waals surface area contributed by atoms with E-state index in [1.807, 2.05) is 6.92 Å². The first kappa shape index (κ1) is 21.2. The van der Waals surface area contributed by atoms with Crippen molar-refractivity contribution in [2.24, 2.45) is 0 Å². The van der Waals surface area contributed by atoms with Crippen molar-refractivity contribution in [3.63, 3.8) is 0 Å². The van der Waals surface area contributed by atoms with E-state index >= 15 is 0 Å². The molecule has 1 aliphatic heterocycles. The van der Waals surface area contributed by atoms with Gasteiger partial charge in [-0.1, -0.05) is 17.3 Å². The summed E-state index contributed by atoms with van der Waals surface area (Å²) >= 11 is 0. The van der Waals surface area contributed by atoms with Gasteiger partial charge in [0.15, 0.2) is 5.82 Å². The zero-order valence-electron chi connectivity index (χ0n) is 17.9. The highest BCUT2D eigenvalue weighted by Gasteiger charge is 2.48. The highest BCUT2D eigenvalue weighted by Crippen LogP contribution is 2.42.